The molecule has 1 aromatic carbocycles. The lowest BCUT2D eigenvalue weighted by molar-refractivity contribution is -0.120. The molecule has 1 N–H and O–H groups in total. The molecule has 0 saturated heterocycles. The van der Waals surface area contributed by atoms with Crippen LogP contribution in [0.1, 0.15) is 12.0 Å². The molecule has 0 aliphatic carbocycles. The number of carbonyl (C=O) groups is 1. The number of halogens is 3. The van der Waals surface area contributed by atoms with Gasteiger partial charge in [-0.15, -0.1) is 0 Å². The van der Waals surface area contributed by atoms with Crippen molar-refractivity contribution in [1.29, 1.82) is 0 Å². The van der Waals surface area contributed by atoms with Gasteiger partial charge < -0.3 is 10.1 Å². The summed E-state index contributed by atoms with van der Waals surface area (Å²) in [5.74, 6) is 0.0466. The molecule has 1 amide bonds. The minimum absolute atomic E-state index is 0.0604. The van der Waals surface area contributed by atoms with Gasteiger partial charge in [0.2, 0.25) is 5.91 Å². The number of nitrogens with one attached hydrogen (secondary N) is 1. The molecule has 0 bridgehead atoms. The van der Waals surface area contributed by atoms with E-state index in [0.717, 1.165) is 5.56 Å². The van der Waals surface area contributed by atoms with Crippen LogP contribution >= 0.6 is 15.9 Å². The zero-order chi connectivity index (χ0) is 12.7. The zero-order valence-corrected chi connectivity index (χ0v) is 10.5. The van der Waals surface area contributed by atoms with E-state index >= 15 is 0 Å². The van der Waals surface area contributed by atoms with Crippen LogP contribution in [0.3, 0.4) is 0 Å². The van der Waals surface area contributed by atoms with E-state index in [9.17, 15) is 13.6 Å². The number of carbonyl (C=O) groups excluding carboxylic acids is 1. The fourth-order valence-corrected chi connectivity index (χ4v) is 1.52. The number of benzene rings is 1. The highest BCUT2D eigenvalue weighted by molar-refractivity contribution is 9.09. The molecule has 0 aromatic heterocycles. The van der Waals surface area contributed by atoms with Crippen LogP contribution in [-0.4, -0.2) is 17.8 Å². The van der Waals surface area contributed by atoms with Crippen LogP contribution in [-0.2, 0) is 11.3 Å². The van der Waals surface area contributed by atoms with E-state index in [4.69, 9.17) is 0 Å². The topological polar surface area (TPSA) is 38.3 Å². The highest BCUT2D eigenvalue weighted by Crippen LogP contribution is 2.14. The van der Waals surface area contributed by atoms with Gasteiger partial charge in [0.25, 0.3) is 0 Å². The van der Waals surface area contributed by atoms with E-state index in [-0.39, 0.29) is 11.7 Å². The first kappa shape index (κ1) is 13.9. The third-order valence-electron chi connectivity index (χ3n) is 1.96. The molecule has 0 radical (unpaired) electrons. The molecule has 0 unspecified atom stereocenters. The van der Waals surface area contributed by atoms with Crippen LogP contribution in [0.5, 0.6) is 5.75 Å². The Morgan fingerprint density at radius 3 is 2.53 bits per heavy atom. The zero-order valence-electron chi connectivity index (χ0n) is 8.96. The summed E-state index contributed by atoms with van der Waals surface area (Å²) in [6.07, 6.45) is 0.409. The number of alkyl halides is 3. The number of hydrogen-bond acceptors (Lipinski definition) is 2. The molecule has 0 aliphatic rings. The van der Waals surface area contributed by atoms with E-state index in [0.29, 0.717) is 18.3 Å². The summed E-state index contributed by atoms with van der Waals surface area (Å²) >= 11 is 3.16. The first-order chi connectivity index (χ1) is 8.11. The van der Waals surface area contributed by atoms with Gasteiger partial charge >= 0.3 is 6.61 Å². The van der Waals surface area contributed by atoms with Gasteiger partial charge in [-0.2, -0.15) is 8.78 Å². The van der Waals surface area contributed by atoms with Crippen LogP contribution in [0, 0.1) is 0 Å². The molecule has 1 aromatic rings. The predicted molar refractivity (Wildman–Crippen MR) is 63.3 cm³/mol. The maximum Gasteiger partial charge on any atom is 0.387 e. The molecule has 3 nitrogen and oxygen atoms in total. The minimum atomic E-state index is -2.82. The summed E-state index contributed by atoms with van der Waals surface area (Å²) in [7, 11) is 0. The van der Waals surface area contributed by atoms with Gasteiger partial charge in [-0.05, 0) is 17.7 Å². The molecular formula is C11H12BrF2NO2. The molecule has 0 heterocycles. The maximum atomic E-state index is 11.9. The Bertz CT molecular complexity index is 357. The van der Waals surface area contributed by atoms with Gasteiger partial charge in [0.15, 0.2) is 0 Å². The van der Waals surface area contributed by atoms with E-state index in [1.165, 1.54) is 12.1 Å². The van der Waals surface area contributed by atoms with Crippen molar-refractivity contribution in [2.75, 3.05) is 5.33 Å². The van der Waals surface area contributed by atoms with Crippen LogP contribution in [0.4, 0.5) is 8.78 Å². The summed E-state index contributed by atoms with van der Waals surface area (Å²) in [5, 5.41) is 3.31. The van der Waals surface area contributed by atoms with E-state index in [2.05, 4.69) is 26.0 Å². The Balaban J connectivity index is 2.42. The molecule has 6 heteroatoms. The van der Waals surface area contributed by atoms with E-state index in [1.54, 1.807) is 12.1 Å². The van der Waals surface area contributed by atoms with Crippen molar-refractivity contribution in [3.8, 4) is 5.75 Å². The van der Waals surface area contributed by atoms with Gasteiger partial charge in [0, 0.05) is 18.3 Å². The molecule has 0 fully saturated rings. The SMILES string of the molecule is O=C(CCBr)NCc1ccc(OC(F)F)cc1. The number of hydrogen-bond donors (Lipinski definition) is 1. The number of rotatable bonds is 6. The summed E-state index contributed by atoms with van der Waals surface area (Å²) in [5.41, 5.74) is 0.828. The van der Waals surface area contributed by atoms with Crippen molar-refractivity contribution in [3.63, 3.8) is 0 Å². The van der Waals surface area contributed by atoms with Crippen molar-refractivity contribution < 1.29 is 18.3 Å². The second kappa shape index (κ2) is 7.21. The van der Waals surface area contributed by atoms with Crippen LogP contribution in [0.2, 0.25) is 0 Å². The largest absolute Gasteiger partial charge is 0.435 e. The Kier molecular flexibility index (Phi) is 5.90. The molecule has 94 valence electrons. The normalized spacial score (nSPS) is 10.4. The summed E-state index contributed by atoms with van der Waals surface area (Å²) in [4.78, 5) is 11.2. The standard InChI is InChI=1S/C11H12BrF2NO2/c12-6-5-10(16)15-7-8-1-3-9(4-2-8)17-11(13)14/h1-4,11H,5-7H2,(H,15,16). The fraction of sp³-hybridized carbons (Fsp3) is 0.364. The lowest BCUT2D eigenvalue weighted by Gasteiger charge is -2.06. The second-order valence-corrected chi connectivity index (χ2v) is 4.03. The average molecular weight is 308 g/mol. The first-order valence-electron chi connectivity index (χ1n) is 4.98. The quantitative estimate of drug-likeness (QED) is 0.821. The Morgan fingerprint density at radius 2 is 2.00 bits per heavy atom. The van der Waals surface area contributed by atoms with Crippen molar-refractivity contribution in [1.82, 2.24) is 5.32 Å². The number of ether oxygens (including phenoxy) is 1. The molecule has 1 rings (SSSR count). The lowest BCUT2D eigenvalue weighted by atomic mass is 10.2. The third-order valence-corrected chi connectivity index (χ3v) is 2.36. The average Bonchev–Trinajstić information content (AvgIpc) is 2.28. The first-order valence-corrected chi connectivity index (χ1v) is 6.10. The van der Waals surface area contributed by atoms with Crippen molar-refractivity contribution in [2.45, 2.75) is 19.6 Å². The minimum Gasteiger partial charge on any atom is -0.435 e. The summed E-state index contributed by atoms with van der Waals surface area (Å²) in [6, 6.07) is 6.15. The van der Waals surface area contributed by atoms with Crippen LogP contribution < -0.4 is 10.1 Å². The van der Waals surface area contributed by atoms with Crippen molar-refractivity contribution in [3.05, 3.63) is 29.8 Å². The fourth-order valence-electron chi connectivity index (χ4n) is 1.16. The highest BCUT2D eigenvalue weighted by atomic mass is 79.9. The maximum absolute atomic E-state index is 11.9. The second-order valence-electron chi connectivity index (χ2n) is 3.24. The Labute approximate surface area is 106 Å². The van der Waals surface area contributed by atoms with Crippen LogP contribution in [0.25, 0.3) is 0 Å². The summed E-state index contributed by atoms with van der Waals surface area (Å²) < 4.78 is 28.0. The van der Waals surface area contributed by atoms with Gasteiger partial charge in [-0.25, -0.2) is 0 Å². The predicted octanol–water partition coefficient (Wildman–Crippen LogP) is 2.69. The molecule has 0 saturated carbocycles. The Morgan fingerprint density at radius 1 is 1.35 bits per heavy atom. The highest BCUT2D eigenvalue weighted by Gasteiger charge is 2.04. The van der Waals surface area contributed by atoms with Gasteiger partial charge in [0.1, 0.15) is 5.75 Å². The van der Waals surface area contributed by atoms with E-state index in [1.807, 2.05) is 0 Å². The van der Waals surface area contributed by atoms with Crippen molar-refractivity contribution >= 4 is 21.8 Å². The molecule has 17 heavy (non-hydrogen) atoms. The van der Waals surface area contributed by atoms with Gasteiger partial charge in [-0.3, -0.25) is 4.79 Å². The van der Waals surface area contributed by atoms with Gasteiger partial charge in [-0.1, -0.05) is 28.1 Å². The molecule has 0 atom stereocenters. The molecular weight excluding hydrogens is 296 g/mol. The van der Waals surface area contributed by atoms with E-state index < -0.39 is 6.61 Å². The molecule has 0 aliphatic heterocycles. The Hall–Kier alpha value is -1.17. The summed E-state index contributed by atoms with van der Waals surface area (Å²) in [6.45, 7) is -2.44. The number of amides is 1. The third kappa shape index (κ3) is 5.63. The monoisotopic (exact) mass is 307 g/mol. The smallest absolute Gasteiger partial charge is 0.387 e. The van der Waals surface area contributed by atoms with Gasteiger partial charge in [0.05, 0.1) is 0 Å². The molecule has 0 spiro atoms. The van der Waals surface area contributed by atoms with Crippen LogP contribution in [0.15, 0.2) is 24.3 Å². The van der Waals surface area contributed by atoms with Crippen molar-refractivity contribution in [2.24, 2.45) is 0 Å². The lowest BCUT2D eigenvalue weighted by Crippen LogP contribution is -2.22.